The highest BCUT2D eigenvalue weighted by atomic mass is 79.9. The number of fused-ring (bicyclic) bond motifs is 5. The van der Waals surface area contributed by atoms with Crippen molar-refractivity contribution in [3.05, 3.63) is 12.7 Å². The molecule has 1 N–H and O–H groups in total. The molecule has 2 saturated heterocycles. The van der Waals surface area contributed by atoms with Gasteiger partial charge in [-0.1, -0.05) is 20.4 Å². The molecule has 6 rings (SSSR count). The van der Waals surface area contributed by atoms with Gasteiger partial charge in [-0.15, -0.1) is 0 Å². The molecule has 0 aromatic carbocycles. The molecule has 6 aliphatic rings. The Morgan fingerprint density at radius 3 is 2.49 bits per heavy atom. The lowest BCUT2D eigenvalue weighted by Gasteiger charge is -2.62. The molecule has 4 saturated carbocycles. The number of carbonyl (C=O) groups excluding carboxylic acids is 1. The number of morpholine rings is 1. The zero-order valence-electron chi connectivity index (χ0n) is 24.7. The fourth-order valence-electron chi connectivity index (χ4n) is 11.3. The van der Waals surface area contributed by atoms with E-state index in [0.717, 1.165) is 56.6 Å². The molecule has 0 spiro atoms. The van der Waals surface area contributed by atoms with Crippen molar-refractivity contribution < 1.29 is 40.8 Å². The monoisotopic (exact) mass is 608 g/mol. The van der Waals surface area contributed by atoms with E-state index in [9.17, 15) is 9.90 Å². The smallest absolute Gasteiger partial charge is 0.303 e. The molecule has 222 valence electrons. The summed E-state index contributed by atoms with van der Waals surface area (Å²) in [7, 11) is 0. The van der Waals surface area contributed by atoms with Crippen molar-refractivity contribution in [2.75, 3.05) is 45.9 Å². The first-order valence-electron chi connectivity index (χ1n) is 15.9. The Balaban J connectivity index is 0.00000308. The minimum absolute atomic E-state index is 0. The molecule has 0 aromatic rings. The maximum atomic E-state index is 12.5. The topological polar surface area (TPSA) is 59.0 Å². The average molecular weight is 610 g/mol. The number of quaternary nitrogens is 1. The van der Waals surface area contributed by atoms with Crippen LogP contribution < -0.4 is 17.0 Å². The SMILES string of the molecule is C=CC[N+]1(C2CC3C4CCC5C[C@H](O)[C@@H](N6CCOCC6)C[C@]5(C)C4CC[C@]3(C)C2OC(C)=O)CCCC1.[Br-]. The normalized spacial score (nSPS) is 47.3. The number of aliphatic hydroxyl groups excluding tert-OH is 1. The zero-order valence-corrected chi connectivity index (χ0v) is 26.2. The summed E-state index contributed by atoms with van der Waals surface area (Å²) in [5, 5.41) is 11.3. The second-order valence-corrected chi connectivity index (χ2v) is 14.6. The number of likely N-dealkylation sites (tertiary alicyclic amines) is 1. The van der Waals surface area contributed by atoms with Crippen molar-refractivity contribution in [3.8, 4) is 0 Å². The number of nitrogens with zero attached hydrogens (tertiary/aromatic N) is 2. The molecule has 6 nitrogen and oxygen atoms in total. The third-order valence-corrected chi connectivity index (χ3v) is 13.1. The Labute approximate surface area is 247 Å². The molecule has 2 heterocycles. The number of esters is 1. The Bertz CT molecular complexity index is 905. The Kier molecular flexibility index (Phi) is 8.70. The fraction of sp³-hybridized carbons (Fsp3) is 0.906. The highest BCUT2D eigenvalue weighted by Crippen LogP contribution is 2.67. The van der Waals surface area contributed by atoms with Gasteiger partial charge in [-0.25, -0.2) is 0 Å². The minimum Gasteiger partial charge on any atom is -1.00 e. The Hall–Kier alpha value is -0.470. The predicted molar refractivity (Wildman–Crippen MR) is 148 cm³/mol. The van der Waals surface area contributed by atoms with Crippen LogP contribution in [-0.4, -0.2) is 90.7 Å². The molecule has 7 heteroatoms. The number of hydrogen-bond acceptors (Lipinski definition) is 5. The summed E-state index contributed by atoms with van der Waals surface area (Å²) in [6.07, 6.45) is 12.7. The van der Waals surface area contributed by atoms with Crippen molar-refractivity contribution in [1.82, 2.24) is 4.90 Å². The van der Waals surface area contributed by atoms with Gasteiger partial charge in [0.05, 0.1) is 39.0 Å². The highest BCUT2D eigenvalue weighted by molar-refractivity contribution is 5.66. The quantitative estimate of drug-likeness (QED) is 0.291. The van der Waals surface area contributed by atoms with Gasteiger partial charge in [-0.05, 0) is 73.7 Å². The molecule has 2 aliphatic heterocycles. The standard InChI is InChI=1S/C32H53N2O4.BrH/c1-5-14-34(15-6-7-16-34)28-20-26-24-9-8-23-19-29(36)27(33-12-17-37-18-13-33)21-32(23,4)25(24)10-11-31(26,3)30(28)38-22(2)35;/h5,23-30,36H,1,6-21H2,2-4H3;1H/q+1;/p-1/t23?,24?,25?,26?,27-,28?,29-,30?,31-,32-;/m0./s1. The van der Waals surface area contributed by atoms with Crippen LogP contribution in [0.4, 0.5) is 0 Å². The molecule has 10 atom stereocenters. The molecule has 4 aliphatic carbocycles. The van der Waals surface area contributed by atoms with E-state index in [1.54, 1.807) is 6.92 Å². The van der Waals surface area contributed by atoms with Crippen molar-refractivity contribution in [2.45, 2.75) is 103 Å². The highest BCUT2D eigenvalue weighted by Gasteiger charge is 2.67. The van der Waals surface area contributed by atoms with Crippen LogP contribution in [0.15, 0.2) is 12.7 Å². The lowest BCUT2D eigenvalue weighted by atomic mass is 9.44. The molecule has 0 amide bonds. The number of hydrogen-bond donors (Lipinski definition) is 1. The van der Waals surface area contributed by atoms with E-state index >= 15 is 0 Å². The van der Waals surface area contributed by atoms with E-state index in [2.05, 4.69) is 31.4 Å². The molecular weight excluding hydrogens is 556 g/mol. The molecule has 6 unspecified atom stereocenters. The maximum absolute atomic E-state index is 12.5. The van der Waals surface area contributed by atoms with Crippen LogP contribution >= 0.6 is 0 Å². The second kappa shape index (κ2) is 11.3. The van der Waals surface area contributed by atoms with Crippen LogP contribution in [0.25, 0.3) is 0 Å². The number of carbonyl (C=O) groups is 1. The molecule has 0 bridgehead atoms. The van der Waals surface area contributed by atoms with Crippen LogP contribution in [0.3, 0.4) is 0 Å². The third kappa shape index (κ3) is 4.88. The second-order valence-electron chi connectivity index (χ2n) is 14.6. The van der Waals surface area contributed by atoms with Crippen molar-refractivity contribution in [3.63, 3.8) is 0 Å². The molecule has 39 heavy (non-hydrogen) atoms. The third-order valence-electron chi connectivity index (χ3n) is 13.1. The summed E-state index contributed by atoms with van der Waals surface area (Å²) in [5.41, 5.74) is 0.343. The largest absolute Gasteiger partial charge is 1.00 e. The van der Waals surface area contributed by atoms with Crippen LogP contribution in [0.1, 0.15) is 78.6 Å². The van der Waals surface area contributed by atoms with E-state index in [4.69, 9.17) is 9.47 Å². The van der Waals surface area contributed by atoms with Gasteiger partial charge >= 0.3 is 5.97 Å². The first-order valence-corrected chi connectivity index (χ1v) is 15.9. The van der Waals surface area contributed by atoms with Gasteiger partial charge in [0.1, 0.15) is 6.04 Å². The summed E-state index contributed by atoms with van der Waals surface area (Å²) in [5.74, 6) is 2.54. The predicted octanol–water partition coefficient (Wildman–Crippen LogP) is 1.41. The van der Waals surface area contributed by atoms with Crippen LogP contribution in [0.2, 0.25) is 0 Å². The molecule has 6 fully saturated rings. The number of ether oxygens (including phenoxy) is 2. The number of halogens is 1. The van der Waals surface area contributed by atoms with Crippen LogP contribution in [0.5, 0.6) is 0 Å². The maximum Gasteiger partial charge on any atom is 0.303 e. The van der Waals surface area contributed by atoms with Crippen molar-refractivity contribution in [2.24, 2.45) is 34.5 Å². The lowest BCUT2D eigenvalue weighted by Crippen LogP contribution is -3.00. The summed E-state index contributed by atoms with van der Waals surface area (Å²) >= 11 is 0. The first kappa shape index (κ1) is 30.0. The van der Waals surface area contributed by atoms with Crippen molar-refractivity contribution in [1.29, 1.82) is 0 Å². The summed E-state index contributed by atoms with van der Waals surface area (Å²) < 4.78 is 13.1. The number of rotatable bonds is 5. The van der Waals surface area contributed by atoms with Gasteiger partial charge in [0.15, 0.2) is 6.10 Å². The van der Waals surface area contributed by atoms with E-state index in [0.29, 0.717) is 29.7 Å². The van der Waals surface area contributed by atoms with E-state index in [1.165, 1.54) is 51.6 Å². The number of aliphatic hydroxyl groups is 1. The molecule has 0 radical (unpaired) electrons. The fourth-order valence-corrected chi connectivity index (χ4v) is 11.3. The van der Waals surface area contributed by atoms with E-state index in [-0.39, 0.29) is 52.0 Å². The summed E-state index contributed by atoms with van der Waals surface area (Å²) in [4.78, 5) is 15.0. The van der Waals surface area contributed by atoms with Crippen molar-refractivity contribution >= 4 is 5.97 Å². The van der Waals surface area contributed by atoms with E-state index < -0.39 is 0 Å². The van der Waals surface area contributed by atoms with Gasteiger partial charge < -0.3 is 36.0 Å². The minimum atomic E-state index is -0.209. The summed E-state index contributed by atoms with van der Waals surface area (Å²) in [6, 6.07) is 0.663. The van der Waals surface area contributed by atoms with Gasteiger partial charge in [0, 0.05) is 50.7 Å². The van der Waals surface area contributed by atoms with Crippen LogP contribution in [0, 0.1) is 34.5 Å². The van der Waals surface area contributed by atoms with Gasteiger partial charge in [0.2, 0.25) is 0 Å². The molecule has 0 aromatic heterocycles. The molecular formula is C32H53BrN2O4. The van der Waals surface area contributed by atoms with E-state index in [1.807, 2.05) is 0 Å². The Morgan fingerprint density at radius 1 is 1.10 bits per heavy atom. The van der Waals surface area contributed by atoms with Gasteiger partial charge in [-0.3, -0.25) is 9.69 Å². The van der Waals surface area contributed by atoms with Crippen LogP contribution in [-0.2, 0) is 14.3 Å². The average Bonchev–Trinajstić information content (AvgIpc) is 3.48. The van der Waals surface area contributed by atoms with Gasteiger partial charge in [0.25, 0.3) is 0 Å². The zero-order chi connectivity index (χ0) is 26.7. The lowest BCUT2D eigenvalue weighted by molar-refractivity contribution is -0.937. The Morgan fingerprint density at radius 2 is 1.82 bits per heavy atom. The van der Waals surface area contributed by atoms with Gasteiger partial charge in [-0.2, -0.15) is 0 Å². The first-order chi connectivity index (χ1) is 18.2. The summed E-state index contributed by atoms with van der Waals surface area (Å²) in [6.45, 7) is 17.7.